The summed E-state index contributed by atoms with van der Waals surface area (Å²) in [5.74, 6) is 0. The van der Waals surface area contributed by atoms with Crippen molar-refractivity contribution in [2.75, 3.05) is 0 Å². The van der Waals surface area contributed by atoms with Crippen molar-refractivity contribution in [2.45, 2.75) is 38.5 Å². The Bertz CT molecular complexity index is 2430. The van der Waals surface area contributed by atoms with Gasteiger partial charge in [0.15, 0.2) is 0 Å². The van der Waals surface area contributed by atoms with Crippen LogP contribution in [-0.2, 0) is 10.8 Å². The molecule has 0 heterocycles. The number of nitrogens with zero attached hydrogens (tertiary/aromatic N) is 2. The minimum atomic E-state index is -1.43. The van der Waals surface area contributed by atoms with Crippen LogP contribution >= 0.6 is 39.1 Å². The predicted octanol–water partition coefficient (Wildman–Crippen LogP) is 10.8. The van der Waals surface area contributed by atoms with E-state index >= 15 is 0 Å². The van der Waals surface area contributed by atoms with Crippen LogP contribution < -0.4 is 5.46 Å². The Morgan fingerprint density at radius 2 is 0.981 bits per heavy atom. The van der Waals surface area contributed by atoms with Gasteiger partial charge in [-0.15, -0.1) is 0 Å². The summed E-state index contributed by atoms with van der Waals surface area (Å²) < 4.78 is 1.10. The van der Waals surface area contributed by atoms with Gasteiger partial charge < -0.3 is 10.0 Å². The Hall–Kier alpha value is -4.66. The van der Waals surface area contributed by atoms with Crippen LogP contribution in [0.15, 0.2) is 126 Å². The molecule has 4 nitrogen and oxygen atoms in total. The van der Waals surface area contributed by atoms with Gasteiger partial charge >= 0.3 is 7.12 Å². The number of benzene rings is 6. The maximum Gasteiger partial charge on any atom is 0.488 e. The van der Waals surface area contributed by atoms with Gasteiger partial charge in [-0.05, 0) is 128 Å². The lowest BCUT2D eigenvalue weighted by atomic mass is 9.81. The average molecular weight is 784 g/mol. The molecule has 0 radical (unpaired) electrons. The summed E-state index contributed by atoms with van der Waals surface area (Å²) in [4.78, 5) is 0. The van der Waals surface area contributed by atoms with Crippen LogP contribution in [0.3, 0.4) is 0 Å². The molecule has 0 bridgehead atoms. The Kier molecular flexibility index (Phi) is 10.5. The normalized spacial score (nSPS) is 13.4. The molecule has 0 unspecified atom stereocenters. The molecule has 2 aliphatic rings. The molecule has 52 heavy (non-hydrogen) atoms. The lowest BCUT2D eigenvalue weighted by Crippen LogP contribution is -2.29. The molecule has 0 atom stereocenters. The fourth-order valence-corrected chi connectivity index (χ4v) is 7.85. The van der Waals surface area contributed by atoms with Crippen molar-refractivity contribution in [3.8, 4) is 45.5 Å². The monoisotopic (exact) mass is 782 g/mol. The molecular formula is C44H34BBrCl2N2O2. The van der Waals surface area contributed by atoms with Crippen LogP contribution in [0.1, 0.15) is 61.1 Å². The summed E-state index contributed by atoms with van der Waals surface area (Å²) >= 11 is 15.2. The highest BCUT2D eigenvalue weighted by Gasteiger charge is 2.36. The van der Waals surface area contributed by atoms with Crippen LogP contribution in [0, 0.1) is 22.7 Å². The lowest BCUT2D eigenvalue weighted by molar-refractivity contribution is 0.426. The van der Waals surface area contributed by atoms with Gasteiger partial charge in [0.25, 0.3) is 0 Å². The highest BCUT2D eigenvalue weighted by atomic mass is 79.9. The molecule has 0 saturated heterocycles. The number of halogens is 3. The molecule has 0 saturated carbocycles. The topological polar surface area (TPSA) is 88.0 Å². The Balaban J connectivity index is 0.000000146. The van der Waals surface area contributed by atoms with E-state index in [1.807, 2.05) is 42.5 Å². The van der Waals surface area contributed by atoms with E-state index in [0.717, 1.165) is 26.2 Å². The SMILES string of the molecule is CC1(C)c2cc(Br)ccc2-c2ccc(C#N)cc21.CC1(C)c2cc(C#N)ccc2-c2ccc(-c3cccc(Cl)c3)cc21.OB(O)c1cccc(Cl)c1. The van der Waals surface area contributed by atoms with Gasteiger partial charge in [0.05, 0.1) is 23.3 Å². The van der Waals surface area contributed by atoms with Gasteiger partial charge in [0.1, 0.15) is 0 Å². The first-order valence-corrected chi connectivity index (χ1v) is 18.2. The molecule has 2 aliphatic carbocycles. The summed E-state index contributed by atoms with van der Waals surface area (Å²) in [6.07, 6.45) is 0. The maximum atomic E-state index is 9.21. The standard InChI is InChI=1S/C22H16ClN.C16H12BrN.C6H6BClO2/c1-22(2)20-10-14(13-24)6-8-18(20)19-9-7-16(12-21(19)22)15-4-3-5-17(23)11-15;1-16(2)14-7-10(9-18)3-5-12(14)13-6-4-11(17)8-15(13)16;8-6-3-1-2-5(4-6)7(9)10/h3-12H,1-2H3;3-8H,1-2H3;1-4,9-10H. The maximum absolute atomic E-state index is 9.21. The zero-order chi connectivity index (χ0) is 37.4. The summed E-state index contributed by atoms with van der Waals surface area (Å²) in [7, 11) is -1.43. The van der Waals surface area contributed by atoms with Gasteiger partial charge in [0, 0.05) is 25.3 Å². The molecule has 0 fully saturated rings. The Morgan fingerprint density at radius 1 is 0.538 bits per heavy atom. The second-order valence-corrected chi connectivity index (χ2v) is 15.7. The smallest absolute Gasteiger partial charge is 0.423 e. The van der Waals surface area contributed by atoms with Crippen molar-refractivity contribution in [1.82, 2.24) is 0 Å². The van der Waals surface area contributed by atoms with Gasteiger partial charge in [-0.1, -0.05) is 121 Å². The van der Waals surface area contributed by atoms with E-state index in [1.165, 1.54) is 50.6 Å². The van der Waals surface area contributed by atoms with Crippen molar-refractivity contribution in [1.29, 1.82) is 10.5 Å². The first kappa shape index (κ1) is 37.1. The number of rotatable bonds is 2. The number of hydrogen-bond acceptors (Lipinski definition) is 4. The predicted molar refractivity (Wildman–Crippen MR) is 217 cm³/mol. The molecule has 8 heteroatoms. The number of fused-ring (bicyclic) bond motifs is 6. The molecule has 256 valence electrons. The summed E-state index contributed by atoms with van der Waals surface area (Å²) in [6.45, 7) is 8.87. The molecule has 6 aromatic rings. The van der Waals surface area contributed by atoms with Gasteiger partial charge in [-0.3, -0.25) is 0 Å². The lowest BCUT2D eigenvalue weighted by Gasteiger charge is -2.22. The van der Waals surface area contributed by atoms with Crippen molar-refractivity contribution < 1.29 is 10.0 Å². The van der Waals surface area contributed by atoms with Crippen molar-refractivity contribution in [2.24, 2.45) is 0 Å². The Labute approximate surface area is 323 Å². The van der Waals surface area contributed by atoms with E-state index in [1.54, 1.807) is 18.2 Å². The zero-order valence-corrected chi connectivity index (χ0v) is 32.1. The van der Waals surface area contributed by atoms with E-state index in [4.69, 9.17) is 38.5 Å². The molecule has 0 spiro atoms. The van der Waals surface area contributed by atoms with Crippen molar-refractivity contribution >= 4 is 51.7 Å². The van der Waals surface area contributed by atoms with E-state index in [0.29, 0.717) is 16.0 Å². The molecule has 2 N–H and O–H groups in total. The second kappa shape index (κ2) is 14.8. The fraction of sp³-hybridized carbons (Fsp3) is 0.136. The van der Waals surface area contributed by atoms with Gasteiger partial charge in [-0.2, -0.15) is 10.5 Å². The van der Waals surface area contributed by atoms with Gasteiger partial charge in [0.2, 0.25) is 0 Å². The molecule has 6 aromatic carbocycles. The first-order valence-electron chi connectivity index (χ1n) is 16.7. The van der Waals surface area contributed by atoms with E-state index in [2.05, 4.69) is 110 Å². The largest absolute Gasteiger partial charge is 0.488 e. The number of nitriles is 2. The van der Waals surface area contributed by atoms with Crippen LogP contribution in [0.4, 0.5) is 0 Å². The minimum absolute atomic E-state index is 0.0404. The van der Waals surface area contributed by atoms with Crippen molar-refractivity contribution in [3.05, 3.63) is 169 Å². The van der Waals surface area contributed by atoms with Crippen LogP contribution in [0.2, 0.25) is 10.0 Å². The fourth-order valence-electron chi connectivity index (χ4n) is 7.10. The Morgan fingerprint density at radius 3 is 1.46 bits per heavy atom. The van der Waals surface area contributed by atoms with E-state index in [-0.39, 0.29) is 10.8 Å². The van der Waals surface area contributed by atoms with Gasteiger partial charge in [-0.25, -0.2) is 0 Å². The number of hydrogen-bond donors (Lipinski definition) is 2. The van der Waals surface area contributed by atoms with Crippen LogP contribution in [0.5, 0.6) is 0 Å². The van der Waals surface area contributed by atoms with E-state index in [9.17, 15) is 5.26 Å². The second-order valence-electron chi connectivity index (χ2n) is 13.9. The molecule has 8 rings (SSSR count). The molecule has 0 aromatic heterocycles. The zero-order valence-electron chi connectivity index (χ0n) is 29.0. The average Bonchev–Trinajstić information content (AvgIpc) is 3.50. The highest BCUT2D eigenvalue weighted by molar-refractivity contribution is 9.10. The summed E-state index contributed by atoms with van der Waals surface area (Å²) in [6, 6.07) is 43.8. The van der Waals surface area contributed by atoms with Crippen LogP contribution in [-0.4, -0.2) is 17.2 Å². The molecule has 0 aliphatic heterocycles. The third-order valence-electron chi connectivity index (χ3n) is 9.88. The van der Waals surface area contributed by atoms with E-state index < -0.39 is 7.12 Å². The third kappa shape index (κ3) is 7.19. The minimum Gasteiger partial charge on any atom is -0.423 e. The molecular weight excluding hydrogens is 750 g/mol. The van der Waals surface area contributed by atoms with Crippen LogP contribution in [0.25, 0.3) is 33.4 Å². The molecule has 0 amide bonds. The first-order chi connectivity index (χ1) is 24.7. The quantitative estimate of drug-likeness (QED) is 0.171. The third-order valence-corrected chi connectivity index (χ3v) is 10.8. The van der Waals surface area contributed by atoms with Crippen molar-refractivity contribution in [3.63, 3.8) is 0 Å². The summed E-state index contributed by atoms with van der Waals surface area (Å²) in [5.41, 5.74) is 14.1. The highest BCUT2D eigenvalue weighted by Crippen LogP contribution is 2.51. The summed E-state index contributed by atoms with van der Waals surface area (Å²) in [5, 5.41) is 36.8.